The first-order valence-electron chi connectivity index (χ1n) is 12.1. The lowest BCUT2D eigenvalue weighted by Crippen LogP contribution is -2.44. The van der Waals surface area contributed by atoms with Crippen LogP contribution in [0.1, 0.15) is 56.1 Å². The van der Waals surface area contributed by atoms with Gasteiger partial charge in [0.25, 0.3) is 0 Å². The van der Waals surface area contributed by atoms with Gasteiger partial charge in [-0.3, -0.25) is 9.59 Å². The van der Waals surface area contributed by atoms with E-state index in [1.54, 1.807) is 0 Å². The van der Waals surface area contributed by atoms with Gasteiger partial charge in [0.15, 0.2) is 0 Å². The molecule has 3 atom stereocenters. The molecule has 0 bridgehead atoms. The number of hydrogen-bond donors (Lipinski definition) is 3. The molecule has 1 saturated carbocycles. The molecule has 7 heteroatoms. The van der Waals surface area contributed by atoms with Crippen molar-refractivity contribution in [2.24, 2.45) is 11.8 Å². The first kappa shape index (κ1) is 23.8. The molecule has 180 valence electrons. The monoisotopic (exact) mass is 464 g/mol. The van der Waals surface area contributed by atoms with E-state index in [1.165, 1.54) is 11.1 Å². The molecule has 2 aliphatic rings. The van der Waals surface area contributed by atoms with E-state index < -0.39 is 18.0 Å². The third-order valence-corrected chi connectivity index (χ3v) is 7.12. The Morgan fingerprint density at radius 3 is 2.29 bits per heavy atom. The van der Waals surface area contributed by atoms with Gasteiger partial charge < -0.3 is 20.5 Å². The molecule has 2 amide bonds. The standard InChI is InChI=1S/C27H32N2O5/c1-2-17(26(32)29-24-13-7-8-18(24)14-25(30)31)15-28-27(33)34-16-23-21-11-5-3-9-19(21)20-10-4-6-12-22(20)23/h3-6,9-12,17-18,23-24H,2,7-8,13-16H2,1H3,(H,28,33)(H,29,32)(H,30,31). The van der Waals surface area contributed by atoms with Crippen LogP contribution in [0.2, 0.25) is 0 Å². The van der Waals surface area contributed by atoms with Gasteiger partial charge in [-0.1, -0.05) is 61.9 Å². The van der Waals surface area contributed by atoms with Gasteiger partial charge in [-0.05, 0) is 47.4 Å². The fourth-order valence-corrected chi connectivity index (χ4v) is 5.27. The Balaban J connectivity index is 1.29. The summed E-state index contributed by atoms with van der Waals surface area (Å²) in [6, 6.07) is 16.2. The number of fused-ring (bicyclic) bond motifs is 3. The highest BCUT2D eigenvalue weighted by atomic mass is 16.5. The second kappa shape index (κ2) is 10.7. The number of carbonyl (C=O) groups is 3. The minimum Gasteiger partial charge on any atom is -0.481 e. The van der Waals surface area contributed by atoms with Crippen molar-refractivity contribution in [2.75, 3.05) is 13.2 Å². The smallest absolute Gasteiger partial charge is 0.407 e. The Labute approximate surface area is 199 Å². The zero-order valence-electron chi connectivity index (χ0n) is 19.5. The van der Waals surface area contributed by atoms with Crippen LogP contribution in [0.3, 0.4) is 0 Å². The van der Waals surface area contributed by atoms with Crippen molar-refractivity contribution in [3.63, 3.8) is 0 Å². The Morgan fingerprint density at radius 1 is 1.03 bits per heavy atom. The molecule has 4 rings (SSSR count). The fraction of sp³-hybridized carbons (Fsp3) is 0.444. The molecule has 3 unspecified atom stereocenters. The SMILES string of the molecule is CCC(CNC(=O)OCC1c2ccccc2-c2ccccc21)C(=O)NC1CCCC1CC(=O)O. The molecule has 3 N–H and O–H groups in total. The van der Waals surface area contributed by atoms with E-state index in [2.05, 4.69) is 34.9 Å². The van der Waals surface area contributed by atoms with Crippen LogP contribution in [0, 0.1) is 11.8 Å². The Kier molecular flexibility index (Phi) is 7.50. The van der Waals surface area contributed by atoms with Crippen LogP contribution in [-0.4, -0.2) is 42.3 Å². The van der Waals surface area contributed by atoms with E-state index in [0.29, 0.717) is 6.42 Å². The highest BCUT2D eigenvalue weighted by molar-refractivity contribution is 5.80. The van der Waals surface area contributed by atoms with Crippen LogP contribution >= 0.6 is 0 Å². The number of hydrogen-bond acceptors (Lipinski definition) is 4. The van der Waals surface area contributed by atoms with Crippen molar-refractivity contribution in [1.82, 2.24) is 10.6 Å². The van der Waals surface area contributed by atoms with E-state index in [-0.39, 0.29) is 43.4 Å². The summed E-state index contributed by atoms with van der Waals surface area (Å²) in [6.07, 6.45) is 2.60. The van der Waals surface area contributed by atoms with Gasteiger partial charge in [0, 0.05) is 18.5 Å². The summed E-state index contributed by atoms with van der Waals surface area (Å²) in [5.74, 6) is -1.43. The molecule has 0 spiro atoms. The molecular weight excluding hydrogens is 432 g/mol. The van der Waals surface area contributed by atoms with E-state index in [4.69, 9.17) is 9.84 Å². The molecule has 0 aromatic heterocycles. The predicted octanol–water partition coefficient (Wildman–Crippen LogP) is 4.31. The number of aliphatic carboxylic acids is 1. The lowest BCUT2D eigenvalue weighted by Gasteiger charge is -2.23. The molecule has 0 heterocycles. The Bertz CT molecular complexity index is 1010. The number of alkyl carbamates (subject to hydrolysis) is 1. The maximum absolute atomic E-state index is 12.8. The van der Waals surface area contributed by atoms with Crippen molar-refractivity contribution in [1.29, 1.82) is 0 Å². The van der Waals surface area contributed by atoms with Gasteiger partial charge in [-0.15, -0.1) is 0 Å². The summed E-state index contributed by atoms with van der Waals surface area (Å²) in [4.78, 5) is 36.3. The van der Waals surface area contributed by atoms with Crippen LogP contribution in [0.25, 0.3) is 11.1 Å². The molecule has 0 radical (unpaired) electrons. The first-order valence-corrected chi connectivity index (χ1v) is 12.1. The number of rotatable bonds is 9. The highest BCUT2D eigenvalue weighted by Crippen LogP contribution is 2.44. The third kappa shape index (κ3) is 5.24. The number of nitrogens with one attached hydrogen (secondary N) is 2. The third-order valence-electron chi connectivity index (χ3n) is 7.12. The minimum atomic E-state index is -0.838. The number of carboxylic acid groups (broad SMARTS) is 1. The van der Waals surface area contributed by atoms with Crippen molar-refractivity contribution in [3.8, 4) is 11.1 Å². The lowest BCUT2D eigenvalue weighted by atomic mass is 9.98. The number of ether oxygens (including phenoxy) is 1. The zero-order chi connectivity index (χ0) is 24.1. The van der Waals surface area contributed by atoms with Gasteiger partial charge in [0.2, 0.25) is 5.91 Å². The van der Waals surface area contributed by atoms with Crippen molar-refractivity contribution < 1.29 is 24.2 Å². The maximum atomic E-state index is 12.8. The summed E-state index contributed by atoms with van der Waals surface area (Å²) in [7, 11) is 0. The number of carbonyl (C=O) groups excluding carboxylic acids is 2. The molecule has 0 aliphatic heterocycles. The van der Waals surface area contributed by atoms with Gasteiger partial charge in [0.1, 0.15) is 6.61 Å². The first-order chi connectivity index (χ1) is 16.5. The van der Waals surface area contributed by atoms with Crippen molar-refractivity contribution >= 4 is 18.0 Å². The lowest BCUT2D eigenvalue weighted by molar-refractivity contribution is -0.138. The average molecular weight is 465 g/mol. The largest absolute Gasteiger partial charge is 0.481 e. The van der Waals surface area contributed by atoms with Crippen molar-refractivity contribution in [2.45, 2.75) is 51.0 Å². The molecule has 1 fully saturated rings. The van der Waals surface area contributed by atoms with Crippen LogP contribution in [0.5, 0.6) is 0 Å². The molecule has 0 saturated heterocycles. The van der Waals surface area contributed by atoms with E-state index >= 15 is 0 Å². The zero-order valence-corrected chi connectivity index (χ0v) is 19.5. The molecule has 2 aromatic rings. The predicted molar refractivity (Wildman–Crippen MR) is 128 cm³/mol. The van der Waals surface area contributed by atoms with Gasteiger partial charge in [-0.2, -0.15) is 0 Å². The minimum absolute atomic E-state index is 0.0167. The fourth-order valence-electron chi connectivity index (χ4n) is 5.27. The normalized spacial score (nSPS) is 19.7. The van der Waals surface area contributed by atoms with Crippen LogP contribution in [0.4, 0.5) is 4.79 Å². The second-order valence-corrected chi connectivity index (χ2v) is 9.22. The summed E-state index contributed by atoms with van der Waals surface area (Å²) < 4.78 is 5.56. The Hall–Kier alpha value is -3.35. The number of carboxylic acids is 1. The van der Waals surface area contributed by atoms with E-state index in [0.717, 1.165) is 30.4 Å². The Morgan fingerprint density at radius 2 is 1.68 bits per heavy atom. The van der Waals surface area contributed by atoms with Gasteiger partial charge in [0.05, 0.1) is 12.3 Å². The van der Waals surface area contributed by atoms with E-state index in [1.807, 2.05) is 31.2 Å². The highest BCUT2D eigenvalue weighted by Gasteiger charge is 2.32. The van der Waals surface area contributed by atoms with Crippen LogP contribution in [0.15, 0.2) is 48.5 Å². The summed E-state index contributed by atoms with van der Waals surface area (Å²) in [6.45, 7) is 2.30. The summed E-state index contributed by atoms with van der Waals surface area (Å²) in [5, 5.41) is 14.8. The molecule has 2 aromatic carbocycles. The molecular formula is C27H32N2O5. The summed E-state index contributed by atoms with van der Waals surface area (Å²) in [5.41, 5.74) is 4.63. The summed E-state index contributed by atoms with van der Waals surface area (Å²) >= 11 is 0. The van der Waals surface area contributed by atoms with Crippen molar-refractivity contribution in [3.05, 3.63) is 59.7 Å². The van der Waals surface area contributed by atoms with Crippen LogP contribution < -0.4 is 10.6 Å². The number of benzene rings is 2. The molecule has 34 heavy (non-hydrogen) atoms. The molecule has 7 nitrogen and oxygen atoms in total. The second-order valence-electron chi connectivity index (χ2n) is 9.22. The van der Waals surface area contributed by atoms with Crippen LogP contribution in [-0.2, 0) is 14.3 Å². The van der Waals surface area contributed by atoms with Gasteiger partial charge in [-0.25, -0.2) is 4.79 Å². The topological polar surface area (TPSA) is 105 Å². The molecule has 2 aliphatic carbocycles. The maximum Gasteiger partial charge on any atom is 0.407 e. The average Bonchev–Trinajstić information content (AvgIpc) is 3.39. The number of amides is 2. The van der Waals surface area contributed by atoms with Gasteiger partial charge >= 0.3 is 12.1 Å². The van der Waals surface area contributed by atoms with E-state index in [9.17, 15) is 14.4 Å². The quantitative estimate of drug-likeness (QED) is 0.513.